The lowest BCUT2D eigenvalue weighted by atomic mass is 10.4. The van der Waals surface area contributed by atoms with Crippen LogP contribution in [0.1, 0.15) is 0 Å². The van der Waals surface area contributed by atoms with E-state index in [4.69, 9.17) is 16.3 Å². The fourth-order valence-corrected chi connectivity index (χ4v) is 2.96. The highest BCUT2D eigenvalue weighted by molar-refractivity contribution is 7.89. The van der Waals surface area contributed by atoms with E-state index in [0.29, 0.717) is 5.02 Å². The number of methoxy groups -OCH3 is 1. The standard InChI is InChI=1S/C11H16ClNO4S/c1-13(7-10(14)8-17-2)18(15,16)11-5-3-4-9(12)6-11/h3-6,10,14H,7-8H2,1-2H3. The molecular formula is C11H16ClNO4S. The highest BCUT2D eigenvalue weighted by Gasteiger charge is 2.23. The molecule has 1 unspecified atom stereocenters. The van der Waals surface area contributed by atoms with E-state index in [1.807, 2.05) is 0 Å². The Morgan fingerprint density at radius 3 is 2.72 bits per heavy atom. The smallest absolute Gasteiger partial charge is 0.242 e. The second kappa shape index (κ2) is 6.49. The zero-order chi connectivity index (χ0) is 13.8. The van der Waals surface area contributed by atoms with Gasteiger partial charge in [0.2, 0.25) is 10.0 Å². The van der Waals surface area contributed by atoms with E-state index < -0.39 is 16.1 Å². The maximum absolute atomic E-state index is 12.1. The van der Waals surface area contributed by atoms with Crippen molar-refractivity contribution in [2.75, 3.05) is 27.3 Å². The highest BCUT2D eigenvalue weighted by Crippen LogP contribution is 2.18. The summed E-state index contributed by atoms with van der Waals surface area (Å²) in [7, 11) is -0.804. The van der Waals surface area contributed by atoms with Crippen LogP contribution in [-0.4, -0.2) is 51.2 Å². The Balaban J connectivity index is 2.86. The lowest BCUT2D eigenvalue weighted by Gasteiger charge is -2.20. The third-order valence-electron chi connectivity index (χ3n) is 2.33. The fourth-order valence-electron chi connectivity index (χ4n) is 1.45. The Morgan fingerprint density at radius 2 is 2.17 bits per heavy atom. The van der Waals surface area contributed by atoms with Crippen molar-refractivity contribution in [3.63, 3.8) is 0 Å². The van der Waals surface area contributed by atoms with E-state index in [0.717, 1.165) is 4.31 Å². The van der Waals surface area contributed by atoms with Crippen LogP contribution in [0.25, 0.3) is 0 Å². The number of sulfonamides is 1. The SMILES string of the molecule is COCC(O)CN(C)S(=O)(=O)c1cccc(Cl)c1. The molecule has 0 aliphatic heterocycles. The number of hydrogen-bond acceptors (Lipinski definition) is 4. The summed E-state index contributed by atoms with van der Waals surface area (Å²) in [5.74, 6) is 0. The van der Waals surface area contributed by atoms with Crippen LogP contribution in [0.3, 0.4) is 0 Å². The maximum atomic E-state index is 12.1. The molecule has 0 aliphatic rings. The number of hydrogen-bond donors (Lipinski definition) is 1. The van der Waals surface area contributed by atoms with Crippen LogP contribution >= 0.6 is 11.6 Å². The molecule has 0 spiro atoms. The number of nitrogens with zero attached hydrogens (tertiary/aromatic N) is 1. The Bertz CT molecular complexity index is 492. The summed E-state index contributed by atoms with van der Waals surface area (Å²) >= 11 is 5.76. The van der Waals surface area contributed by atoms with Crippen LogP contribution < -0.4 is 0 Å². The quantitative estimate of drug-likeness (QED) is 0.849. The molecule has 0 amide bonds. The highest BCUT2D eigenvalue weighted by atomic mass is 35.5. The van der Waals surface area contributed by atoms with Crippen LogP contribution in [0.15, 0.2) is 29.2 Å². The fraction of sp³-hybridized carbons (Fsp3) is 0.455. The van der Waals surface area contributed by atoms with Gasteiger partial charge in [-0.3, -0.25) is 0 Å². The van der Waals surface area contributed by atoms with Crippen LogP contribution in [0.5, 0.6) is 0 Å². The summed E-state index contributed by atoms with van der Waals surface area (Å²) in [5, 5.41) is 9.88. The minimum atomic E-state index is -3.64. The number of benzene rings is 1. The normalized spacial score (nSPS) is 13.8. The van der Waals surface area contributed by atoms with Gasteiger partial charge < -0.3 is 9.84 Å². The van der Waals surface area contributed by atoms with Crippen molar-refractivity contribution < 1.29 is 18.3 Å². The average Bonchev–Trinajstić information content (AvgIpc) is 2.29. The van der Waals surface area contributed by atoms with Gasteiger partial charge in [0.05, 0.1) is 17.6 Å². The number of halogens is 1. The lowest BCUT2D eigenvalue weighted by Crippen LogP contribution is -2.36. The molecule has 0 heterocycles. The van der Waals surface area contributed by atoms with E-state index in [1.54, 1.807) is 12.1 Å². The zero-order valence-corrected chi connectivity index (χ0v) is 11.8. The van der Waals surface area contributed by atoms with Gasteiger partial charge in [0, 0.05) is 25.7 Å². The molecule has 5 nitrogen and oxygen atoms in total. The van der Waals surface area contributed by atoms with Crippen molar-refractivity contribution in [2.24, 2.45) is 0 Å². The summed E-state index contributed by atoms with van der Waals surface area (Å²) in [6.07, 6.45) is -0.867. The van der Waals surface area contributed by atoms with Crippen LogP contribution in [0.2, 0.25) is 5.02 Å². The molecule has 1 aromatic carbocycles. The van der Waals surface area contributed by atoms with Crippen molar-refractivity contribution in [2.45, 2.75) is 11.0 Å². The van der Waals surface area contributed by atoms with Crippen molar-refractivity contribution in [1.29, 1.82) is 0 Å². The topological polar surface area (TPSA) is 66.8 Å². The molecule has 0 fully saturated rings. The molecule has 0 saturated heterocycles. The molecule has 102 valence electrons. The van der Waals surface area contributed by atoms with E-state index in [1.165, 1.54) is 26.3 Å². The number of aliphatic hydroxyl groups is 1. The van der Waals surface area contributed by atoms with E-state index in [-0.39, 0.29) is 18.0 Å². The lowest BCUT2D eigenvalue weighted by molar-refractivity contribution is 0.0554. The van der Waals surface area contributed by atoms with Crippen molar-refractivity contribution in [1.82, 2.24) is 4.31 Å². The van der Waals surface area contributed by atoms with Gasteiger partial charge in [-0.2, -0.15) is 4.31 Å². The first-order chi connectivity index (χ1) is 8.37. The molecule has 1 N–H and O–H groups in total. The molecule has 1 rings (SSSR count). The summed E-state index contributed by atoms with van der Waals surface area (Å²) in [6.45, 7) is 0.0398. The number of aliphatic hydroxyl groups excluding tert-OH is 1. The molecular weight excluding hydrogens is 278 g/mol. The van der Waals surface area contributed by atoms with E-state index in [2.05, 4.69) is 0 Å². The number of ether oxygens (including phenoxy) is 1. The zero-order valence-electron chi connectivity index (χ0n) is 10.2. The third-order valence-corrected chi connectivity index (χ3v) is 4.39. The second-order valence-electron chi connectivity index (χ2n) is 3.85. The molecule has 18 heavy (non-hydrogen) atoms. The van der Waals surface area contributed by atoms with Crippen molar-refractivity contribution in [3.05, 3.63) is 29.3 Å². The van der Waals surface area contributed by atoms with Crippen LogP contribution in [0.4, 0.5) is 0 Å². The monoisotopic (exact) mass is 293 g/mol. The Hall–Kier alpha value is -0.660. The summed E-state index contributed by atoms with van der Waals surface area (Å²) in [4.78, 5) is 0.0992. The first kappa shape index (κ1) is 15.4. The molecule has 0 aromatic heterocycles. The van der Waals surface area contributed by atoms with E-state index in [9.17, 15) is 13.5 Å². The van der Waals surface area contributed by atoms with E-state index >= 15 is 0 Å². The maximum Gasteiger partial charge on any atom is 0.242 e. The Morgan fingerprint density at radius 1 is 1.50 bits per heavy atom. The molecule has 0 bridgehead atoms. The predicted molar refractivity (Wildman–Crippen MR) is 69.2 cm³/mol. The largest absolute Gasteiger partial charge is 0.389 e. The van der Waals surface area contributed by atoms with Gasteiger partial charge in [0.15, 0.2) is 0 Å². The van der Waals surface area contributed by atoms with Gasteiger partial charge in [-0.25, -0.2) is 8.42 Å². The van der Waals surface area contributed by atoms with Crippen molar-refractivity contribution >= 4 is 21.6 Å². The Kier molecular flexibility index (Phi) is 5.55. The molecule has 0 aliphatic carbocycles. The van der Waals surface area contributed by atoms with Gasteiger partial charge in [0.25, 0.3) is 0 Å². The Labute approximate surface area is 112 Å². The molecule has 7 heteroatoms. The summed E-state index contributed by atoms with van der Waals surface area (Å²) < 4.78 is 30.1. The second-order valence-corrected chi connectivity index (χ2v) is 6.33. The molecule has 1 atom stereocenters. The average molecular weight is 294 g/mol. The van der Waals surface area contributed by atoms with Gasteiger partial charge in [0.1, 0.15) is 0 Å². The minimum Gasteiger partial charge on any atom is -0.389 e. The van der Waals surface area contributed by atoms with Crippen molar-refractivity contribution in [3.8, 4) is 0 Å². The first-order valence-electron chi connectivity index (χ1n) is 5.27. The van der Waals surface area contributed by atoms with Gasteiger partial charge in [-0.15, -0.1) is 0 Å². The summed E-state index contributed by atoms with van der Waals surface area (Å²) in [5.41, 5.74) is 0. The van der Waals surface area contributed by atoms with Gasteiger partial charge >= 0.3 is 0 Å². The van der Waals surface area contributed by atoms with Gasteiger partial charge in [-0.1, -0.05) is 17.7 Å². The number of likely N-dealkylation sites (N-methyl/N-ethyl adjacent to an activating group) is 1. The number of rotatable bonds is 6. The molecule has 0 saturated carbocycles. The van der Waals surface area contributed by atoms with Crippen LogP contribution in [0, 0.1) is 0 Å². The van der Waals surface area contributed by atoms with Crippen LogP contribution in [-0.2, 0) is 14.8 Å². The summed E-state index contributed by atoms with van der Waals surface area (Å²) in [6, 6.07) is 5.99. The molecule has 1 aromatic rings. The van der Waals surface area contributed by atoms with Gasteiger partial charge in [-0.05, 0) is 18.2 Å². The minimum absolute atomic E-state index is 0.0390. The predicted octanol–water partition coefficient (Wildman–Crippen LogP) is 0.968. The first-order valence-corrected chi connectivity index (χ1v) is 7.08. The third kappa shape index (κ3) is 3.93. The molecule has 0 radical (unpaired) electrons.